The fraction of sp³-hybridized carbons (Fsp3) is 0.556. The fourth-order valence-corrected chi connectivity index (χ4v) is 2.76. The fourth-order valence-electron chi connectivity index (χ4n) is 2.76. The quantitative estimate of drug-likeness (QED) is 0.478. The molecular weight excluding hydrogens is 321 g/mol. The summed E-state index contributed by atoms with van der Waals surface area (Å²) in [5.74, 6) is 0.674. The number of para-hydroxylation sites is 1. The van der Waals surface area contributed by atoms with Crippen LogP contribution in [0, 0.1) is 11.7 Å². The van der Waals surface area contributed by atoms with Gasteiger partial charge in [0.15, 0.2) is 5.96 Å². The first kappa shape index (κ1) is 19.0. The van der Waals surface area contributed by atoms with Crippen LogP contribution in [0.1, 0.15) is 13.8 Å². The number of nitrogens with one attached hydrogen (secondary N) is 2. The van der Waals surface area contributed by atoms with Gasteiger partial charge in [-0.1, -0.05) is 26.0 Å². The Balaban J connectivity index is 1.78. The van der Waals surface area contributed by atoms with Crippen molar-refractivity contribution in [3.8, 4) is 0 Å². The zero-order valence-electron chi connectivity index (χ0n) is 15.3. The number of benzene rings is 1. The van der Waals surface area contributed by atoms with Crippen molar-refractivity contribution in [2.24, 2.45) is 10.9 Å². The van der Waals surface area contributed by atoms with Crippen LogP contribution in [0.15, 0.2) is 29.3 Å². The molecule has 7 heteroatoms. The molecule has 0 radical (unpaired) electrons. The van der Waals surface area contributed by atoms with Crippen molar-refractivity contribution in [1.82, 2.24) is 15.5 Å². The van der Waals surface area contributed by atoms with Crippen LogP contribution in [0.5, 0.6) is 0 Å². The van der Waals surface area contributed by atoms with Gasteiger partial charge in [0.25, 0.3) is 0 Å². The lowest BCUT2D eigenvalue weighted by atomic mass is 10.2. The number of guanidine groups is 1. The highest BCUT2D eigenvalue weighted by Crippen LogP contribution is 2.20. The van der Waals surface area contributed by atoms with Crippen LogP contribution in [0.4, 0.5) is 10.1 Å². The van der Waals surface area contributed by atoms with E-state index < -0.39 is 0 Å². The zero-order chi connectivity index (χ0) is 18.2. The zero-order valence-corrected chi connectivity index (χ0v) is 15.3. The van der Waals surface area contributed by atoms with E-state index in [9.17, 15) is 9.18 Å². The van der Waals surface area contributed by atoms with Crippen molar-refractivity contribution in [2.75, 3.05) is 51.2 Å². The number of anilines is 1. The predicted octanol–water partition coefficient (Wildman–Crippen LogP) is 1.30. The van der Waals surface area contributed by atoms with Gasteiger partial charge in [-0.25, -0.2) is 4.39 Å². The Morgan fingerprint density at radius 1 is 1.16 bits per heavy atom. The Labute approximate surface area is 149 Å². The molecule has 0 aromatic heterocycles. The molecule has 1 heterocycles. The summed E-state index contributed by atoms with van der Waals surface area (Å²) < 4.78 is 13.9. The van der Waals surface area contributed by atoms with Gasteiger partial charge in [0.1, 0.15) is 5.82 Å². The lowest BCUT2D eigenvalue weighted by molar-refractivity contribution is -0.123. The van der Waals surface area contributed by atoms with Gasteiger partial charge in [0, 0.05) is 52.2 Å². The topological polar surface area (TPSA) is 60.0 Å². The third-order valence-electron chi connectivity index (χ3n) is 4.22. The highest BCUT2D eigenvalue weighted by Gasteiger charge is 2.21. The summed E-state index contributed by atoms with van der Waals surface area (Å²) in [5, 5.41) is 6.14. The normalized spacial score (nSPS) is 15.5. The van der Waals surface area contributed by atoms with E-state index >= 15 is 0 Å². The molecule has 1 fully saturated rings. The van der Waals surface area contributed by atoms with Crippen LogP contribution < -0.4 is 15.5 Å². The molecule has 1 aliphatic heterocycles. The number of piperazine rings is 1. The minimum absolute atomic E-state index is 0.00854. The van der Waals surface area contributed by atoms with Gasteiger partial charge in [-0.3, -0.25) is 9.79 Å². The summed E-state index contributed by atoms with van der Waals surface area (Å²) in [7, 11) is 1.75. The average Bonchev–Trinajstić information content (AvgIpc) is 2.62. The maximum Gasteiger partial charge on any atom is 0.222 e. The van der Waals surface area contributed by atoms with Crippen molar-refractivity contribution < 1.29 is 9.18 Å². The number of carbonyl (C=O) groups is 1. The maximum atomic E-state index is 13.9. The van der Waals surface area contributed by atoms with E-state index in [0.29, 0.717) is 18.8 Å². The second-order valence-corrected chi connectivity index (χ2v) is 6.35. The third-order valence-corrected chi connectivity index (χ3v) is 4.22. The van der Waals surface area contributed by atoms with Crippen LogP contribution in [0.2, 0.25) is 0 Å². The summed E-state index contributed by atoms with van der Waals surface area (Å²) >= 11 is 0. The Bertz CT molecular complexity index is 597. The molecule has 0 spiro atoms. The van der Waals surface area contributed by atoms with E-state index in [0.717, 1.165) is 32.1 Å². The minimum atomic E-state index is -0.181. The van der Waals surface area contributed by atoms with E-state index in [4.69, 9.17) is 0 Å². The molecule has 1 aromatic carbocycles. The highest BCUT2D eigenvalue weighted by molar-refractivity contribution is 5.80. The Kier molecular flexibility index (Phi) is 7.03. The molecule has 0 aliphatic carbocycles. The molecule has 1 saturated heterocycles. The van der Waals surface area contributed by atoms with E-state index in [1.807, 2.05) is 26.0 Å². The van der Waals surface area contributed by atoms with Gasteiger partial charge >= 0.3 is 0 Å². The summed E-state index contributed by atoms with van der Waals surface area (Å²) in [6.07, 6.45) is 0. The Morgan fingerprint density at radius 2 is 1.80 bits per heavy atom. The van der Waals surface area contributed by atoms with Crippen LogP contribution in [0.25, 0.3) is 0 Å². The summed E-state index contributed by atoms with van der Waals surface area (Å²) in [4.78, 5) is 20.1. The van der Waals surface area contributed by atoms with Gasteiger partial charge in [0.2, 0.25) is 5.91 Å². The van der Waals surface area contributed by atoms with Crippen LogP contribution in [-0.2, 0) is 4.79 Å². The van der Waals surface area contributed by atoms with Crippen LogP contribution in [0.3, 0.4) is 0 Å². The molecular formula is C18H28FN5O. The molecule has 0 bridgehead atoms. The largest absolute Gasteiger partial charge is 0.366 e. The first-order valence-electron chi connectivity index (χ1n) is 8.75. The smallest absolute Gasteiger partial charge is 0.222 e. The summed E-state index contributed by atoms with van der Waals surface area (Å²) in [5.41, 5.74) is 0.654. The highest BCUT2D eigenvalue weighted by atomic mass is 19.1. The second-order valence-electron chi connectivity index (χ2n) is 6.35. The number of nitrogens with zero attached hydrogens (tertiary/aromatic N) is 3. The number of halogens is 1. The SMILES string of the molecule is CN=C(NCCNC(=O)C(C)C)N1CCN(c2ccccc2F)CC1. The monoisotopic (exact) mass is 349 g/mol. The van der Waals surface area contributed by atoms with Crippen LogP contribution >= 0.6 is 0 Å². The summed E-state index contributed by atoms with van der Waals surface area (Å²) in [6, 6.07) is 6.87. The molecule has 138 valence electrons. The number of carbonyl (C=O) groups excluding carboxylic acids is 1. The molecule has 1 amide bonds. The molecule has 0 unspecified atom stereocenters. The number of hydrogen-bond donors (Lipinski definition) is 2. The van der Waals surface area contributed by atoms with E-state index in [1.54, 1.807) is 13.1 Å². The first-order chi connectivity index (χ1) is 12.0. The van der Waals surface area contributed by atoms with Crippen molar-refractivity contribution >= 4 is 17.6 Å². The molecule has 0 atom stereocenters. The lowest BCUT2D eigenvalue weighted by Crippen LogP contribution is -2.53. The van der Waals surface area contributed by atoms with E-state index in [1.165, 1.54) is 6.07 Å². The van der Waals surface area contributed by atoms with E-state index in [2.05, 4.69) is 25.4 Å². The van der Waals surface area contributed by atoms with Crippen molar-refractivity contribution in [3.63, 3.8) is 0 Å². The second kappa shape index (κ2) is 9.25. The van der Waals surface area contributed by atoms with Gasteiger partial charge in [-0.05, 0) is 12.1 Å². The lowest BCUT2D eigenvalue weighted by Gasteiger charge is -2.37. The van der Waals surface area contributed by atoms with Crippen molar-refractivity contribution in [2.45, 2.75) is 13.8 Å². The first-order valence-corrected chi connectivity index (χ1v) is 8.75. The Hall–Kier alpha value is -2.31. The van der Waals surface area contributed by atoms with Crippen LogP contribution in [-0.4, -0.2) is 63.1 Å². The van der Waals surface area contributed by atoms with Crippen molar-refractivity contribution in [3.05, 3.63) is 30.1 Å². The van der Waals surface area contributed by atoms with Gasteiger partial charge < -0.3 is 20.4 Å². The predicted molar refractivity (Wildman–Crippen MR) is 99.4 cm³/mol. The molecule has 1 aromatic rings. The van der Waals surface area contributed by atoms with Crippen molar-refractivity contribution in [1.29, 1.82) is 0 Å². The molecule has 2 rings (SSSR count). The maximum absolute atomic E-state index is 13.9. The van der Waals surface area contributed by atoms with Gasteiger partial charge in [-0.2, -0.15) is 0 Å². The van der Waals surface area contributed by atoms with Gasteiger partial charge in [-0.15, -0.1) is 0 Å². The number of hydrogen-bond acceptors (Lipinski definition) is 3. The number of aliphatic imine (C=N–C) groups is 1. The summed E-state index contributed by atoms with van der Waals surface area (Å²) in [6.45, 7) is 7.95. The van der Waals surface area contributed by atoms with E-state index in [-0.39, 0.29) is 17.6 Å². The molecule has 6 nitrogen and oxygen atoms in total. The molecule has 25 heavy (non-hydrogen) atoms. The number of rotatable bonds is 5. The minimum Gasteiger partial charge on any atom is -0.366 e. The molecule has 2 N–H and O–H groups in total. The van der Waals surface area contributed by atoms with Gasteiger partial charge in [0.05, 0.1) is 5.69 Å². The standard InChI is InChI=1S/C18H28FN5O/c1-14(2)17(25)21-8-9-22-18(20-3)24-12-10-23(11-13-24)16-7-5-4-6-15(16)19/h4-7,14H,8-13H2,1-3H3,(H,20,22)(H,21,25). The molecule has 0 saturated carbocycles. The average molecular weight is 349 g/mol. The Morgan fingerprint density at radius 3 is 2.40 bits per heavy atom. The third kappa shape index (κ3) is 5.34. The molecule has 1 aliphatic rings. The number of amides is 1.